The molecule has 3 rings (SSSR count). The lowest BCUT2D eigenvalue weighted by Crippen LogP contribution is -2.18. The molecule has 3 heterocycles. The molecule has 0 aliphatic carbocycles. The lowest BCUT2D eigenvalue weighted by Gasteiger charge is -2.14. The second-order valence-electron chi connectivity index (χ2n) is 4.59. The Morgan fingerprint density at radius 1 is 1.42 bits per heavy atom. The van der Waals surface area contributed by atoms with Crippen LogP contribution in [0.1, 0.15) is 17.2 Å². The molecule has 0 spiro atoms. The summed E-state index contributed by atoms with van der Waals surface area (Å²) < 4.78 is 7.62. The van der Waals surface area contributed by atoms with Crippen LogP contribution in [0.5, 0.6) is 0 Å². The van der Waals surface area contributed by atoms with E-state index in [9.17, 15) is 0 Å². The van der Waals surface area contributed by atoms with Gasteiger partial charge in [-0.3, -0.25) is 9.30 Å². The van der Waals surface area contributed by atoms with Gasteiger partial charge >= 0.3 is 0 Å². The van der Waals surface area contributed by atoms with Crippen LogP contribution >= 0.6 is 22.9 Å². The number of aryl methyl sites for hydroxylation is 1. The maximum absolute atomic E-state index is 6.18. The Labute approximate surface area is 120 Å². The van der Waals surface area contributed by atoms with Crippen LogP contribution in [-0.2, 0) is 13.1 Å². The number of furan rings is 1. The Balaban J connectivity index is 1.77. The minimum absolute atomic E-state index is 0.578. The molecule has 0 saturated heterocycles. The number of fused-ring (bicyclic) bond motifs is 1. The molecule has 4 nitrogen and oxygen atoms in total. The molecule has 3 aromatic heterocycles. The van der Waals surface area contributed by atoms with Crippen LogP contribution in [0.15, 0.2) is 28.1 Å². The lowest BCUT2D eigenvalue weighted by atomic mass is 10.3. The number of nitrogens with zero attached hydrogens (tertiary/aromatic N) is 3. The van der Waals surface area contributed by atoms with Crippen molar-refractivity contribution in [3.05, 3.63) is 46.1 Å². The van der Waals surface area contributed by atoms with Gasteiger partial charge in [0.2, 0.25) is 0 Å². The Kier molecular flexibility index (Phi) is 3.35. The number of imidazole rings is 1. The van der Waals surface area contributed by atoms with Crippen LogP contribution in [-0.4, -0.2) is 21.3 Å². The second-order valence-corrected chi connectivity index (χ2v) is 5.82. The summed E-state index contributed by atoms with van der Waals surface area (Å²) in [6.07, 6.45) is 2.00. The van der Waals surface area contributed by atoms with E-state index in [1.54, 1.807) is 11.3 Å². The third-order valence-electron chi connectivity index (χ3n) is 2.95. The van der Waals surface area contributed by atoms with Crippen LogP contribution in [0.4, 0.5) is 0 Å². The van der Waals surface area contributed by atoms with E-state index in [2.05, 4.69) is 9.88 Å². The normalized spacial score (nSPS) is 11.8. The van der Waals surface area contributed by atoms with E-state index in [-0.39, 0.29) is 0 Å². The topological polar surface area (TPSA) is 33.7 Å². The van der Waals surface area contributed by atoms with Gasteiger partial charge in [0.1, 0.15) is 11.5 Å². The molecule has 6 heteroatoms. The Morgan fingerprint density at radius 3 is 3.00 bits per heavy atom. The van der Waals surface area contributed by atoms with E-state index in [0.717, 1.165) is 35.3 Å². The van der Waals surface area contributed by atoms with Crippen LogP contribution in [0.25, 0.3) is 4.96 Å². The van der Waals surface area contributed by atoms with Crippen molar-refractivity contribution in [2.45, 2.75) is 20.0 Å². The summed E-state index contributed by atoms with van der Waals surface area (Å²) >= 11 is 7.77. The average molecular weight is 296 g/mol. The van der Waals surface area contributed by atoms with Crippen molar-refractivity contribution in [3.8, 4) is 0 Å². The minimum atomic E-state index is 0.578. The summed E-state index contributed by atoms with van der Waals surface area (Å²) in [4.78, 5) is 7.42. The van der Waals surface area contributed by atoms with Crippen molar-refractivity contribution < 1.29 is 4.42 Å². The first kappa shape index (κ1) is 12.7. The van der Waals surface area contributed by atoms with E-state index in [4.69, 9.17) is 16.0 Å². The smallest absolute Gasteiger partial charge is 0.195 e. The molecular weight excluding hydrogens is 282 g/mol. The quantitative estimate of drug-likeness (QED) is 0.738. The van der Waals surface area contributed by atoms with Gasteiger partial charge in [0, 0.05) is 18.1 Å². The highest BCUT2D eigenvalue weighted by molar-refractivity contribution is 7.15. The SMILES string of the molecule is Cc1ccc(CN(C)Cc2c(Cl)nc3sccn23)o1. The molecule has 3 aromatic rings. The number of rotatable bonds is 4. The van der Waals surface area contributed by atoms with Crippen LogP contribution in [0.2, 0.25) is 5.15 Å². The summed E-state index contributed by atoms with van der Waals surface area (Å²) in [5.41, 5.74) is 1.02. The number of aromatic nitrogens is 2. The predicted octanol–water partition coefficient (Wildman–Crippen LogP) is 3.58. The molecule has 0 aromatic carbocycles. The molecule has 0 N–H and O–H groups in total. The van der Waals surface area contributed by atoms with E-state index in [0.29, 0.717) is 5.15 Å². The molecular formula is C13H14ClN3OS. The van der Waals surface area contributed by atoms with Gasteiger partial charge in [0.25, 0.3) is 0 Å². The third-order valence-corrected chi connectivity index (χ3v) is 4.01. The van der Waals surface area contributed by atoms with Crippen LogP contribution in [0.3, 0.4) is 0 Å². The monoisotopic (exact) mass is 295 g/mol. The first-order valence-corrected chi connectivity index (χ1v) is 7.23. The Morgan fingerprint density at radius 2 is 2.26 bits per heavy atom. The second kappa shape index (κ2) is 5.00. The molecule has 0 fully saturated rings. The van der Waals surface area contributed by atoms with E-state index >= 15 is 0 Å². The van der Waals surface area contributed by atoms with Crippen molar-refractivity contribution in [3.63, 3.8) is 0 Å². The maximum Gasteiger partial charge on any atom is 0.195 e. The van der Waals surface area contributed by atoms with Gasteiger partial charge in [0.15, 0.2) is 10.1 Å². The fraction of sp³-hybridized carbons (Fsp3) is 0.308. The number of hydrogen-bond donors (Lipinski definition) is 0. The van der Waals surface area contributed by atoms with Gasteiger partial charge in [-0.25, -0.2) is 4.98 Å². The van der Waals surface area contributed by atoms with Gasteiger partial charge in [-0.15, -0.1) is 11.3 Å². The number of hydrogen-bond acceptors (Lipinski definition) is 4. The molecule has 100 valence electrons. The van der Waals surface area contributed by atoms with Crippen LogP contribution in [0, 0.1) is 6.92 Å². The summed E-state index contributed by atoms with van der Waals surface area (Å²) in [6, 6.07) is 3.98. The first-order valence-electron chi connectivity index (χ1n) is 5.97. The summed E-state index contributed by atoms with van der Waals surface area (Å²) in [6.45, 7) is 3.43. The molecule has 19 heavy (non-hydrogen) atoms. The Bertz CT molecular complexity index is 700. The molecule has 0 unspecified atom stereocenters. The average Bonchev–Trinajstić information content (AvgIpc) is 3.00. The molecule has 0 aliphatic rings. The van der Waals surface area contributed by atoms with E-state index in [1.165, 1.54) is 0 Å². The highest BCUT2D eigenvalue weighted by Gasteiger charge is 2.14. The largest absolute Gasteiger partial charge is 0.465 e. The molecule has 0 atom stereocenters. The third kappa shape index (κ3) is 2.54. The van der Waals surface area contributed by atoms with Gasteiger partial charge < -0.3 is 4.42 Å². The number of thiazole rings is 1. The van der Waals surface area contributed by atoms with Gasteiger partial charge in [-0.05, 0) is 26.1 Å². The predicted molar refractivity (Wildman–Crippen MR) is 76.7 cm³/mol. The minimum Gasteiger partial charge on any atom is -0.465 e. The maximum atomic E-state index is 6.18. The zero-order valence-electron chi connectivity index (χ0n) is 10.8. The number of halogens is 1. The van der Waals surface area contributed by atoms with Gasteiger partial charge in [0.05, 0.1) is 12.2 Å². The van der Waals surface area contributed by atoms with Crippen molar-refractivity contribution in [2.24, 2.45) is 0 Å². The van der Waals surface area contributed by atoms with Crippen molar-refractivity contribution in [1.29, 1.82) is 0 Å². The molecule has 0 amide bonds. The zero-order valence-corrected chi connectivity index (χ0v) is 12.3. The van der Waals surface area contributed by atoms with Crippen molar-refractivity contribution in [2.75, 3.05) is 7.05 Å². The highest BCUT2D eigenvalue weighted by Crippen LogP contribution is 2.22. The van der Waals surface area contributed by atoms with Crippen molar-refractivity contribution in [1.82, 2.24) is 14.3 Å². The van der Waals surface area contributed by atoms with Crippen molar-refractivity contribution >= 4 is 27.9 Å². The lowest BCUT2D eigenvalue weighted by molar-refractivity contribution is 0.282. The first-order chi connectivity index (χ1) is 9.13. The molecule has 0 aliphatic heterocycles. The van der Waals surface area contributed by atoms with Gasteiger partial charge in [-0.2, -0.15) is 0 Å². The molecule has 0 bridgehead atoms. The van der Waals surface area contributed by atoms with E-state index in [1.807, 2.05) is 42.1 Å². The highest BCUT2D eigenvalue weighted by atomic mass is 35.5. The summed E-state index contributed by atoms with van der Waals surface area (Å²) in [5.74, 6) is 1.90. The van der Waals surface area contributed by atoms with E-state index < -0.39 is 0 Å². The summed E-state index contributed by atoms with van der Waals surface area (Å²) in [7, 11) is 2.04. The fourth-order valence-corrected chi connectivity index (χ4v) is 3.11. The molecule has 0 saturated carbocycles. The fourth-order valence-electron chi connectivity index (χ4n) is 2.10. The molecule has 0 radical (unpaired) electrons. The zero-order chi connectivity index (χ0) is 13.4. The van der Waals surface area contributed by atoms with Crippen LogP contribution < -0.4 is 0 Å². The Hall–Kier alpha value is -1.30. The summed E-state index contributed by atoms with van der Waals surface area (Å²) in [5, 5.41) is 2.59. The van der Waals surface area contributed by atoms with Gasteiger partial charge in [-0.1, -0.05) is 11.6 Å². The standard InChI is InChI=1S/C13H14ClN3OS/c1-9-3-4-10(18-9)7-16(2)8-11-12(14)15-13-17(11)5-6-19-13/h3-6H,7-8H2,1-2H3.